The van der Waals surface area contributed by atoms with Crippen molar-refractivity contribution in [2.24, 2.45) is 11.3 Å². The van der Waals surface area contributed by atoms with Crippen molar-refractivity contribution in [2.45, 2.75) is 64.5 Å². The van der Waals surface area contributed by atoms with E-state index < -0.39 is 29.4 Å². The second-order valence-corrected chi connectivity index (χ2v) is 10.6. The van der Waals surface area contributed by atoms with Crippen LogP contribution in [0.3, 0.4) is 0 Å². The van der Waals surface area contributed by atoms with Crippen molar-refractivity contribution in [3.05, 3.63) is 59.7 Å². The molecule has 2 aromatic carbocycles. The number of carboxylic acid groups (broad SMARTS) is 1. The Labute approximate surface area is 206 Å². The highest BCUT2D eigenvalue weighted by molar-refractivity contribution is 5.80. The summed E-state index contributed by atoms with van der Waals surface area (Å²) in [5.41, 5.74) is 4.20. The Balaban J connectivity index is 1.37. The molecule has 3 N–H and O–H groups in total. The van der Waals surface area contributed by atoms with Crippen molar-refractivity contribution >= 4 is 18.0 Å². The molecule has 2 aliphatic carbocycles. The molecular formula is C28H34N2O5. The average Bonchev–Trinajstić information content (AvgIpc) is 3.39. The number of nitrogens with one attached hydrogen (secondary N) is 2. The number of rotatable bonds is 7. The van der Waals surface area contributed by atoms with E-state index in [1.165, 1.54) is 0 Å². The van der Waals surface area contributed by atoms with Gasteiger partial charge in [0.25, 0.3) is 0 Å². The van der Waals surface area contributed by atoms with Gasteiger partial charge in [-0.3, -0.25) is 9.59 Å². The summed E-state index contributed by atoms with van der Waals surface area (Å²) in [6, 6.07) is 15.5. The average molecular weight is 479 g/mol. The first-order valence-electron chi connectivity index (χ1n) is 12.3. The minimum Gasteiger partial charge on any atom is -0.481 e. The van der Waals surface area contributed by atoms with Gasteiger partial charge in [0.15, 0.2) is 0 Å². The van der Waals surface area contributed by atoms with E-state index in [0.29, 0.717) is 12.8 Å². The fourth-order valence-corrected chi connectivity index (χ4v) is 5.24. The summed E-state index contributed by atoms with van der Waals surface area (Å²) in [6.45, 7) is 6.05. The van der Waals surface area contributed by atoms with Crippen molar-refractivity contribution in [3.8, 4) is 11.1 Å². The number of hydrogen-bond acceptors (Lipinski definition) is 4. The van der Waals surface area contributed by atoms with Crippen LogP contribution in [-0.2, 0) is 14.3 Å². The first-order chi connectivity index (χ1) is 16.6. The molecule has 2 aromatic rings. The van der Waals surface area contributed by atoms with Crippen LogP contribution in [0.25, 0.3) is 11.1 Å². The summed E-state index contributed by atoms with van der Waals surface area (Å²) in [7, 11) is 0. The van der Waals surface area contributed by atoms with Gasteiger partial charge in [-0.05, 0) is 40.5 Å². The fraction of sp³-hybridized carbons (Fsp3) is 0.464. The van der Waals surface area contributed by atoms with E-state index in [1.54, 1.807) is 0 Å². The van der Waals surface area contributed by atoms with Crippen molar-refractivity contribution < 1.29 is 24.2 Å². The second-order valence-electron chi connectivity index (χ2n) is 10.6. The van der Waals surface area contributed by atoms with Crippen LogP contribution < -0.4 is 10.6 Å². The number of fused-ring (bicyclic) bond motifs is 3. The highest BCUT2D eigenvalue weighted by atomic mass is 16.5. The Morgan fingerprint density at radius 1 is 1.00 bits per heavy atom. The Morgan fingerprint density at radius 3 is 2.17 bits per heavy atom. The number of alkyl carbamates (subject to hydrolysis) is 1. The van der Waals surface area contributed by atoms with Crippen LogP contribution in [0.2, 0.25) is 0 Å². The second kappa shape index (κ2) is 10.1. The summed E-state index contributed by atoms with van der Waals surface area (Å²) < 4.78 is 5.67. The molecule has 0 aromatic heterocycles. The van der Waals surface area contributed by atoms with E-state index in [4.69, 9.17) is 4.74 Å². The molecule has 1 unspecified atom stereocenters. The van der Waals surface area contributed by atoms with Gasteiger partial charge in [-0.1, -0.05) is 75.7 Å². The third-order valence-electron chi connectivity index (χ3n) is 7.25. The highest BCUT2D eigenvalue weighted by Gasteiger charge is 2.36. The largest absolute Gasteiger partial charge is 0.481 e. The molecule has 3 atom stereocenters. The molecule has 2 amide bonds. The molecule has 1 saturated carbocycles. The molecule has 2 aliphatic rings. The van der Waals surface area contributed by atoms with Crippen LogP contribution in [0, 0.1) is 11.3 Å². The van der Waals surface area contributed by atoms with Gasteiger partial charge in [-0.15, -0.1) is 0 Å². The lowest BCUT2D eigenvalue weighted by Gasteiger charge is -2.31. The van der Waals surface area contributed by atoms with Gasteiger partial charge in [0.2, 0.25) is 5.91 Å². The smallest absolute Gasteiger partial charge is 0.407 e. The van der Waals surface area contributed by atoms with E-state index in [9.17, 15) is 19.5 Å². The van der Waals surface area contributed by atoms with E-state index in [-0.39, 0.29) is 30.9 Å². The monoisotopic (exact) mass is 478 g/mol. The number of benzene rings is 2. The normalized spacial score (nSPS) is 20.0. The molecule has 0 saturated heterocycles. The molecule has 0 heterocycles. The highest BCUT2D eigenvalue weighted by Crippen LogP contribution is 2.44. The van der Waals surface area contributed by atoms with Crippen LogP contribution in [-0.4, -0.2) is 41.8 Å². The molecule has 0 radical (unpaired) electrons. The molecule has 0 spiro atoms. The Morgan fingerprint density at radius 2 is 1.60 bits per heavy atom. The maximum absolute atomic E-state index is 12.8. The molecule has 0 bridgehead atoms. The maximum atomic E-state index is 12.8. The summed E-state index contributed by atoms with van der Waals surface area (Å²) in [5.74, 6) is -1.74. The van der Waals surface area contributed by atoms with E-state index in [0.717, 1.165) is 28.7 Å². The maximum Gasteiger partial charge on any atom is 0.407 e. The Kier molecular flexibility index (Phi) is 7.15. The number of carbonyl (C=O) groups excluding carboxylic acids is 2. The topological polar surface area (TPSA) is 105 Å². The molecule has 0 aliphatic heterocycles. The predicted octanol–water partition coefficient (Wildman–Crippen LogP) is 4.70. The number of carbonyl (C=O) groups is 3. The minimum atomic E-state index is -0.878. The summed E-state index contributed by atoms with van der Waals surface area (Å²) in [5, 5.41) is 15.1. The Bertz CT molecular complexity index is 1060. The fourth-order valence-electron chi connectivity index (χ4n) is 5.24. The van der Waals surface area contributed by atoms with Gasteiger partial charge in [-0.25, -0.2) is 4.79 Å². The first-order valence-corrected chi connectivity index (χ1v) is 12.3. The number of carboxylic acids is 1. The van der Waals surface area contributed by atoms with Crippen molar-refractivity contribution in [2.75, 3.05) is 6.61 Å². The predicted molar refractivity (Wildman–Crippen MR) is 133 cm³/mol. The first kappa shape index (κ1) is 24.8. The molecule has 7 heteroatoms. The summed E-state index contributed by atoms with van der Waals surface area (Å²) in [4.78, 5) is 37.0. The number of ether oxygens (including phenoxy) is 1. The molecule has 35 heavy (non-hydrogen) atoms. The number of aliphatic carboxylic acids is 1. The Hall–Kier alpha value is -3.35. The zero-order valence-corrected chi connectivity index (χ0v) is 20.5. The molecule has 186 valence electrons. The van der Waals surface area contributed by atoms with E-state index in [1.807, 2.05) is 45.0 Å². The van der Waals surface area contributed by atoms with Gasteiger partial charge in [0.05, 0.1) is 5.92 Å². The van der Waals surface area contributed by atoms with Crippen molar-refractivity contribution in [1.29, 1.82) is 0 Å². The van der Waals surface area contributed by atoms with Gasteiger partial charge < -0.3 is 20.5 Å². The number of hydrogen-bond donors (Lipinski definition) is 3. The third kappa shape index (κ3) is 5.50. The standard InChI is InChI=1S/C28H34N2O5/c1-28(2,3)24(15-25(31)29-23-14-8-13-21(23)26(32)33)30-27(34)35-16-22-19-11-6-4-9-17(19)18-10-5-7-12-20(18)22/h4-7,9-12,21-24H,8,13-16H2,1-3H3,(H,29,31)(H,30,34)(H,32,33)/t21-,23+,24?/m1/s1. The molecule has 1 fully saturated rings. The number of amides is 2. The van der Waals surface area contributed by atoms with E-state index >= 15 is 0 Å². The zero-order chi connectivity index (χ0) is 25.2. The molecular weight excluding hydrogens is 444 g/mol. The van der Waals surface area contributed by atoms with Gasteiger partial charge >= 0.3 is 12.1 Å². The van der Waals surface area contributed by atoms with Gasteiger partial charge in [0.1, 0.15) is 6.61 Å². The van der Waals surface area contributed by atoms with Crippen LogP contribution in [0.1, 0.15) is 63.5 Å². The van der Waals surface area contributed by atoms with Crippen LogP contribution in [0.4, 0.5) is 4.79 Å². The SMILES string of the molecule is CC(C)(C)C(CC(=O)N[C@H]1CCC[C@H]1C(=O)O)NC(=O)OCC1c2ccccc2-c2ccccc21. The van der Waals surface area contributed by atoms with Crippen molar-refractivity contribution in [1.82, 2.24) is 10.6 Å². The lowest BCUT2D eigenvalue weighted by molar-refractivity contribution is -0.142. The van der Waals surface area contributed by atoms with Crippen LogP contribution >= 0.6 is 0 Å². The third-order valence-corrected chi connectivity index (χ3v) is 7.25. The quantitative estimate of drug-likeness (QED) is 0.535. The zero-order valence-electron chi connectivity index (χ0n) is 20.5. The van der Waals surface area contributed by atoms with Crippen molar-refractivity contribution in [3.63, 3.8) is 0 Å². The lowest BCUT2D eigenvalue weighted by atomic mass is 9.84. The van der Waals surface area contributed by atoms with Crippen LogP contribution in [0.15, 0.2) is 48.5 Å². The summed E-state index contributed by atoms with van der Waals surface area (Å²) >= 11 is 0. The van der Waals surface area contributed by atoms with Crippen LogP contribution in [0.5, 0.6) is 0 Å². The minimum absolute atomic E-state index is 0.0418. The summed E-state index contributed by atoms with van der Waals surface area (Å²) in [6.07, 6.45) is 1.49. The van der Waals surface area contributed by atoms with Gasteiger partial charge in [-0.2, -0.15) is 0 Å². The van der Waals surface area contributed by atoms with E-state index in [2.05, 4.69) is 34.9 Å². The molecule has 4 rings (SSSR count). The lowest BCUT2D eigenvalue weighted by Crippen LogP contribution is -2.49. The molecule has 7 nitrogen and oxygen atoms in total. The van der Waals surface area contributed by atoms with Gasteiger partial charge in [0, 0.05) is 24.4 Å².